The molecule has 0 saturated heterocycles. The minimum atomic E-state index is -0.750. The third kappa shape index (κ3) is 9.07. The first-order valence-electron chi connectivity index (χ1n) is 7.06. The first kappa shape index (κ1) is 17.5. The van der Waals surface area contributed by atoms with Gasteiger partial charge in [-0.2, -0.15) is 0 Å². The predicted octanol–water partition coefficient (Wildman–Crippen LogP) is 3.28. The SMILES string of the molecule is O=C(O)CCCCCCNC(=O)NCc1ccc(Br)cc1. The summed E-state index contributed by atoms with van der Waals surface area (Å²) in [7, 11) is 0. The van der Waals surface area contributed by atoms with E-state index in [-0.39, 0.29) is 12.5 Å². The van der Waals surface area contributed by atoms with Gasteiger partial charge < -0.3 is 15.7 Å². The van der Waals surface area contributed by atoms with Crippen LogP contribution in [0.15, 0.2) is 28.7 Å². The number of halogens is 1. The molecule has 0 radical (unpaired) electrons. The van der Waals surface area contributed by atoms with Crippen molar-refractivity contribution in [3.63, 3.8) is 0 Å². The fourth-order valence-electron chi connectivity index (χ4n) is 1.80. The Morgan fingerprint density at radius 2 is 1.67 bits per heavy atom. The summed E-state index contributed by atoms with van der Waals surface area (Å²) in [6.07, 6.45) is 3.60. The van der Waals surface area contributed by atoms with Gasteiger partial charge in [-0.25, -0.2) is 4.79 Å². The van der Waals surface area contributed by atoms with Crippen molar-refractivity contribution >= 4 is 27.9 Å². The maximum atomic E-state index is 11.6. The number of carboxylic acids is 1. The largest absolute Gasteiger partial charge is 0.481 e. The molecule has 3 N–H and O–H groups in total. The molecule has 0 spiro atoms. The second-order valence-electron chi connectivity index (χ2n) is 4.79. The van der Waals surface area contributed by atoms with Crippen LogP contribution in [0.1, 0.15) is 37.7 Å². The molecule has 6 heteroatoms. The standard InChI is InChI=1S/C15H21BrN2O3/c16-13-8-6-12(7-9-13)11-18-15(21)17-10-4-2-1-3-5-14(19)20/h6-9H,1-5,10-11H2,(H,19,20)(H2,17,18,21). The number of carboxylic acid groups (broad SMARTS) is 1. The van der Waals surface area contributed by atoms with Crippen LogP contribution in [0.3, 0.4) is 0 Å². The Labute approximate surface area is 133 Å². The lowest BCUT2D eigenvalue weighted by Crippen LogP contribution is -2.35. The summed E-state index contributed by atoms with van der Waals surface area (Å²) in [5.41, 5.74) is 1.04. The van der Waals surface area contributed by atoms with Crippen molar-refractivity contribution < 1.29 is 14.7 Å². The monoisotopic (exact) mass is 356 g/mol. The Bertz CT molecular complexity index is 449. The van der Waals surface area contributed by atoms with Gasteiger partial charge in [0, 0.05) is 24.0 Å². The summed E-state index contributed by atoms with van der Waals surface area (Å²) in [4.78, 5) is 21.9. The number of amides is 2. The van der Waals surface area contributed by atoms with Gasteiger partial charge in [-0.05, 0) is 30.5 Å². The molecule has 5 nitrogen and oxygen atoms in total. The fraction of sp³-hybridized carbons (Fsp3) is 0.467. The number of aliphatic carboxylic acids is 1. The summed E-state index contributed by atoms with van der Waals surface area (Å²) in [5.74, 6) is -0.750. The Balaban J connectivity index is 2.01. The number of rotatable bonds is 9. The number of carbonyl (C=O) groups is 2. The third-order valence-electron chi connectivity index (χ3n) is 2.97. The maximum absolute atomic E-state index is 11.6. The fourth-order valence-corrected chi connectivity index (χ4v) is 2.07. The van der Waals surface area contributed by atoms with Crippen LogP contribution >= 0.6 is 15.9 Å². The van der Waals surface area contributed by atoms with Crippen molar-refractivity contribution in [2.75, 3.05) is 6.54 Å². The van der Waals surface area contributed by atoms with Gasteiger partial charge in [-0.1, -0.05) is 40.9 Å². The molecular formula is C15H21BrN2O3. The van der Waals surface area contributed by atoms with E-state index in [9.17, 15) is 9.59 Å². The van der Waals surface area contributed by atoms with E-state index in [1.165, 1.54) is 0 Å². The van der Waals surface area contributed by atoms with Crippen LogP contribution in [0.5, 0.6) is 0 Å². The summed E-state index contributed by atoms with van der Waals surface area (Å²) in [6.45, 7) is 1.11. The molecule has 1 aromatic carbocycles. The minimum Gasteiger partial charge on any atom is -0.481 e. The number of nitrogens with one attached hydrogen (secondary N) is 2. The van der Waals surface area contributed by atoms with Gasteiger partial charge in [-0.15, -0.1) is 0 Å². The average Bonchev–Trinajstić information content (AvgIpc) is 2.45. The van der Waals surface area contributed by atoms with Crippen molar-refractivity contribution in [1.29, 1.82) is 0 Å². The Morgan fingerprint density at radius 3 is 2.33 bits per heavy atom. The highest BCUT2D eigenvalue weighted by molar-refractivity contribution is 9.10. The first-order chi connectivity index (χ1) is 10.1. The van der Waals surface area contributed by atoms with E-state index in [1.807, 2.05) is 24.3 Å². The number of hydrogen-bond acceptors (Lipinski definition) is 2. The zero-order valence-corrected chi connectivity index (χ0v) is 13.5. The van der Waals surface area contributed by atoms with E-state index in [1.54, 1.807) is 0 Å². The van der Waals surface area contributed by atoms with Gasteiger partial charge in [0.15, 0.2) is 0 Å². The van der Waals surface area contributed by atoms with Gasteiger partial charge in [0.05, 0.1) is 0 Å². The number of unbranched alkanes of at least 4 members (excludes halogenated alkanes) is 3. The van der Waals surface area contributed by atoms with Crippen molar-refractivity contribution in [2.24, 2.45) is 0 Å². The average molecular weight is 357 g/mol. The van der Waals surface area contributed by atoms with E-state index in [2.05, 4.69) is 26.6 Å². The minimum absolute atomic E-state index is 0.177. The highest BCUT2D eigenvalue weighted by Crippen LogP contribution is 2.10. The molecule has 2 amide bonds. The molecule has 0 unspecified atom stereocenters. The smallest absolute Gasteiger partial charge is 0.315 e. The lowest BCUT2D eigenvalue weighted by atomic mass is 10.1. The predicted molar refractivity (Wildman–Crippen MR) is 85.1 cm³/mol. The van der Waals surface area contributed by atoms with Crippen LogP contribution in [-0.2, 0) is 11.3 Å². The zero-order valence-electron chi connectivity index (χ0n) is 11.9. The quantitative estimate of drug-likeness (QED) is 0.594. The molecule has 0 atom stereocenters. The topological polar surface area (TPSA) is 78.4 Å². The van der Waals surface area contributed by atoms with Crippen molar-refractivity contribution in [3.8, 4) is 0 Å². The molecule has 1 rings (SSSR count). The van der Waals surface area contributed by atoms with Gasteiger partial charge in [-0.3, -0.25) is 4.79 Å². The molecular weight excluding hydrogens is 336 g/mol. The molecule has 0 aliphatic rings. The molecule has 0 heterocycles. The van der Waals surface area contributed by atoms with Crippen LogP contribution in [0.25, 0.3) is 0 Å². The number of carbonyl (C=O) groups excluding carboxylic acids is 1. The van der Waals surface area contributed by atoms with E-state index >= 15 is 0 Å². The van der Waals surface area contributed by atoms with Gasteiger partial charge in [0.25, 0.3) is 0 Å². The van der Waals surface area contributed by atoms with Gasteiger partial charge in [0.2, 0.25) is 0 Å². The second-order valence-corrected chi connectivity index (χ2v) is 5.71. The molecule has 0 aromatic heterocycles. The summed E-state index contributed by atoms with van der Waals surface area (Å²) in [6, 6.07) is 7.60. The summed E-state index contributed by atoms with van der Waals surface area (Å²) >= 11 is 3.36. The molecule has 1 aromatic rings. The van der Waals surface area contributed by atoms with Crippen molar-refractivity contribution in [2.45, 2.75) is 38.6 Å². The lowest BCUT2D eigenvalue weighted by Gasteiger charge is -2.07. The Hall–Kier alpha value is -1.56. The summed E-state index contributed by atoms with van der Waals surface area (Å²) < 4.78 is 1.01. The highest BCUT2D eigenvalue weighted by Gasteiger charge is 2.00. The number of benzene rings is 1. The first-order valence-corrected chi connectivity index (χ1v) is 7.85. The van der Waals surface area contributed by atoms with Crippen molar-refractivity contribution in [1.82, 2.24) is 10.6 Å². The molecule has 0 fully saturated rings. The van der Waals surface area contributed by atoms with E-state index < -0.39 is 5.97 Å². The second kappa shape index (κ2) is 10.2. The number of urea groups is 1. The zero-order chi connectivity index (χ0) is 15.5. The van der Waals surface area contributed by atoms with E-state index in [4.69, 9.17) is 5.11 Å². The molecule has 0 aliphatic carbocycles. The Kier molecular flexibility index (Phi) is 8.50. The molecule has 0 aliphatic heterocycles. The van der Waals surface area contributed by atoms with E-state index in [0.717, 1.165) is 29.3 Å². The molecule has 0 bridgehead atoms. The third-order valence-corrected chi connectivity index (χ3v) is 3.50. The Morgan fingerprint density at radius 1 is 1.00 bits per heavy atom. The van der Waals surface area contributed by atoms with Gasteiger partial charge >= 0.3 is 12.0 Å². The van der Waals surface area contributed by atoms with E-state index in [0.29, 0.717) is 19.5 Å². The van der Waals surface area contributed by atoms with Crippen LogP contribution in [0.4, 0.5) is 4.79 Å². The van der Waals surface area contributed by atoms with Crippen LogP contribution < -0.4 is 10.6 Å². The normalized spacial score (nSPS) is 10.1. The number of hydrogen-bond donors (Lipinski definition) is 3. The van der Waals surface area contributed by atoms with Crippen LogP contribution in [0, 0.1) is 0 Å². The van der Waals surface area contributed by atoms with Crippen LogP contribution in [-0.4, -0.2) is 23.7 Å². The molecule has 116 valence electrons. The molecule has 0 saturated carbocycles. The molecule has 21 heavy (non-hydrogen) atoms. The lowest BCUT2D eigenvalue weighted by molar-refractivity contribution is -0.137. The highest BCUT2D eigenvalue weighted by atomic mass is 79.9. The van der Waals surface area contributed by atoms with Crippen molar-refractivity contribution in [3.05, 3.63) is 34.3 Å². The maximum Gasteiger partial charge on any atom is 0.315 e. The summed E-state index contributed by atoms with van der Waals surface area (Å²) in [5, 5.41) is 14.1. The van der Waals surface area contributed by atoms with Crippen LogP contribution in [0.2, 0.25) is 0 Å². The van der Waals surface area contributed by atoms with Gasteiger partial charge in [0.1, 0.15) is 0 Å².